The monoisotopic (exact) mass is 1090 g/mol. The number of hydrogen-bond donors (Lipinski definition) is 0. The first-order valence-electron chi connectivity index (χ1n) is 22.8. The van der Waals surface area contributed by atoms with E-state index in [0.717, 1.165) is 89.7 Å². The maximum absolute atomic E-state index is 5.02. The fraction of sp³-hybridized carbons (Fsp3) is 0. The first-order valence-corrected chi connectivity index (χ1v) is 22.8. The molecule has 0 saturated heterocycles. The third kappa shape index (κ3) is 9.16. The van der Waals surface area contributed by atoms with Crippen molar-refractivity contribution in [3.63, 3.8) is 0 Å². The second kappa shape index (κ2) is 19.9. The summed E-state index contributed by atoms with van der Waals surface area (Å²) < 4.78 is 3.62. The molecule has 71 heavy (non-hydrogen) atoms. The number of rotatable bonds is 11. The number of benzene rings is 7. The van der Waals surface area contributed by atoms with Crippen LogP contribution in [0.4, 0.5) is 0 Å². The van der Waals surface area contributed by atoms with Crippen LogP contribution in [0.2, 0.25) is 0 Å². The van der Waals surface area contributed by atoms with Gasteiger partial charge in [-0.05, 0) is 86.4 Å². The SMILES string of the molecule is [Ir+3].[c-]1ccccc1-c1ccc(-n2ncnc2-c2cc(-c3ccccc3-c3ccc(-c4[c-]ccc(-c5ccc(-c6ccccc6)cc5)c4)nc3)cc(-c3ncnn3-c3ccc(-c4[c-]cccc4)nc3)c2)cn1. The molecule has 12 aromatic rings. The van der Waals surface area contributed by atoms with Gasteiger partial charge in [0.2, 0.25) is 0 Å². The molecule has 0 saturated carbocycles. The summed E-state index contributed by atoms with van der Waals surface area (Å²) in [6.45, 7) is 0. The van der Waals surface area contributed by atoms with Crippen LogP contribution in [0.3, 0.4) is 0 Å². The van der Waals surface area contributed by atoms with E-state index in [4.69, 9.17) is 35.1 Å². The van der Waals surface area contributed by atoms with E-state index in [0.29, 0.717) is 11.6 Å². The number of hydrogen-bond acceptors (Lipinski definition) is 7. The number of nitrogens with zero attached hydrogens (tertiary/aromatic N) is 9. The van der Waals surface area contributed by atoms with E-state index in [1.54, 1.807) is 12.7 Å². The summed E-state index contributed by atoms with van der Waals surface area (Å²) >= 11 is 0. The summed E-state index contributed by atoms with van der Waals surface area (Å²) in [5.74, 6) is 1.27. The molecule has 7 aromatic carbocycles. The predicted molar refractivity (Wildman–Crippen MR) is 275 cm³/mol. The van der Waals surface area contributed by atoms with E-state index in [1.165, 1.54) is 11.1 Å². The van der Waals surface area contributed by atoms with Gasteiger partial charge in [0.25, 0.3) is 0 Å². The van der Waals surface area contributed by atoms with E-state index in [9.17, 15) is 0 Å². The summed E-state index contributed by atoms with van der Waals surface area (Å²) in [5, 5.41) is 9.39. The van der Waals surface area contributed by atoms with Crippen LogP contribution in [0.25, 0.3) is 112 Å². The maximum atomic E-state index is 5.02. The van der Waals surface area contributed by atoms with Gasteiger partial charge in [0.05, 0.1) is 11.4 Å². The van der Waals surface area contributed by atoms with Crippen molar-refractivity contribution in [2.45, 2.75) is 0 Å². The zero-order valence-electron chi connectivity index (χ0n) is 37.8. The Morgan fingerprint density at radius 3 is 1.31 bits per heavy atom. The van der Waals surface area contributed by atoms with Crippen molar-refractivity contribution < 1.29 is 20.1 Å². The molecule has 0 radical (unpaired) electrons. The first-order chi connectivity index (χ1) is 34.7. The van der Waals surface area contributed by atoms with Crippen LogP contribution in [-0.4, -0.2) is 44.5 Å². The smallest absolute Gasteiger partial charge is 0.304 e. The molecule has 0 aliphatic carbocycles. The minimum Gasteiger partial charge on any atom is -0.304 e. The second-order valence-corrected chi connectivity index (χ2v) is 16.6. The van der Waals surface area contributed by atoms with Crippen LogP contribution in [0.5, 0.6) is 0 Å². The first kappa shape index (κ1) is 44.4. The van der Waals surface area contributed by atoms with Crippen molar-refractivity contribution in [3.05, 3.63) is 250 Å². The molecule has 0 spiro atoms. The Hall–Kier alpha value is -9.08. The van der Waals surface area contributed by atoms with Crippen LogP contribution >= 0.6 is 0 Å². The molecular formula is C61H38IrN9. The van der Waals surface area contributed by atoms with Gasteiger partial charge in [-0.2, -0.15) is 10.2 Å². The van der Waals surface area contributed by atoms with Gasteiger partial charge >= 0.3 is 20.1 Å². The summed E-state index contributed by atoms with van der Waals surface area (Å²) in [6.07, 6.45) is 8.69. The third-order valence-electron chi connectivity index (χ3n) is 12.2. The molecule has 0 bridgehead atoms. The Kier molecular flexibility index (Phi) is 12.4. The average Bonchev–Trinajstić information content (AvgIpc) is 4.16. The van der Waals surface area contributed by atoms with Gasteiger partial charge in [-0.3, -0.25) is 0 Å². The fourth-order valence-corrected chi connectivity index (χ4v) is 8.72. The number of aromatic nitrogens is 9. The van der Waals surface area contributed by atoms with Gasteiger partial charge in [-0.1, -0.05) is 103 Å². The van der Waals surface area contributed by atoms with Crippen LogP contribution in [-0.2, 0) is 20.1 Å². The molecule has 0 unspecified atom stereocenters. The molecule has 0 aliphatic heterocycles. The molecule has 5 aromatic heterocycles. The van der Waals surface area contributed by atoms with Gasteiger partial charge in [0.15, 0.2) is 11.6 Å². The second-order valence-electron chi connectivity index (χ2n) is 16.6. The van der Waals surface area contributed by atoms with E-state index in [-0.39, 0.29) is 20.1 Å². The number of pyridine rings is 3. The molecule has 0 aliphatic rings. The average molecular weight is 1090 g/mol. The Morgan fingerprint density at radius 1 is 0.310 bits per heavy atom. The molecule has 10 heteroatoms. The molecular weight excluding hydrogens is 1050 g/mol. The van der Waals surface area contributed by atoms with E-state index in [2.05, 4.69) is 133 Å². The molecule has 336 valence electrons. The minimum atomic E-state index is 0. The standard InChI is InChI=1S/C61H38N9.Ir/c1-4-13-42(14-5-1)43-23-25-44(26-24-43)47-19-12-20-48(33-47)59-30-27-49(37-62-59)55-21-10-11-22-56(55)50-34-51(60-65-40-67-69(60)53-28-31-57(63-38-53)45-15-6-2-7-16-45)36-52(35-50)61-66-41-68-70(61)54-29-32-58(64-39-54)46-17-8-3-9-18-46;/h1-15,17,19,21-41H;/q-3;+3. The van der Waals surface area contributed by atoms with Gasteiger partial charge in [-0.25, -0.2) is 19.3 Å². The molecule has 9 nitrogen and oxygen atoms in total. The van der Waals surface area contributed by atoms with Crippen LogP contribution in [0.1, 0.15) is 0 Å². The van der Waals surface area contributed by atoms with E-state index in [1.807, 2.05) is 113 Å². The Bertz CT molecular complexity index is 3590. The molecule has 5 heterocycles. The summed E-state index contributed by atoms with van der Waals surface area (Å²) in [6, 6.07) is 77.7. The van der Waals surface area contributed by atoms with Crippen molar-refractivity contribution in [1.29, 1.82) is 0 Å². The topological polar surface area (TPSA) is 100 Å². The summed E-state index contributed by atoms with van der Waals surface area (Å²) in [5.41, 5.74) is 16.9. The van der Waals surface area contributed by atoms with Crippen LogP contribution < -0.4 is 0 Å². The minimum absolute atomic E-state index is 0. The Balaban J connectivity index is 0.00000547. The zero-order valence-corrected chi connectivity index (χ0v) is 40.2. The van der Waals surface area contributed by atoms with Crippen molar-refractivity contribution in [1.82, 2.24) is 44.5 Å². The Labute approximate surface area is 424 Å². The van der Waals surface area contributed by atoms with Crippen molar-refractivity contribution >= 4 is 0 Å². The molecule has 0 fully saturated rings. The zero-order chi connectivity index (χ0) is 46.6. The molecule has 12 rings (SSSR count). The largest absolute Gasteiger partial charge is 3.00 e. The quantitative estimate of drug-likeness (QED) is 0.119. The van der Waals surface area contributed by atoms with E-state index < -0.39 is 0 Å². The van der Waals surface area contributed by atoms with Crippen LogP contribution in [0, 0.1) is 18.2 Å². The summed E-state index contributed by atoms with van der Waals surface area (Å²) in [4.78, 5) is 24.2. The molecule has 0 atom stereocenters. The Morgan fingerprint density at radius 2 is 0.775 bits per heavy atom. The van der Waals surface area contributed by atoms with Gasteiger partial charge in [0, 0.05) is 29.7 Å². The van der Waals surface area contributed by atoms with Crippen molar-refractivity contribution in [3.8, 4) is 112 Å². The predicted octanol–water partition coefficient (Wildman–Crippen LogP) is 13.4. The third-order valence-corrected chi connectivity index (χ3v) is 12.2. The van der Waals surface area contributed by atoms with Crippen LogP contribution in [0.15, 0.2) is 231 Å². The normalized spacial score (nSPS) is 11.0. The fourth-order valence-electron chi connectivity index (χ4n) is 8.72. The van der Waals surface area contributed by atoms with Crippen molar-refractivity contribution in [2.75, 3.05) is 0 Å². The molecule has 0 amide bonds. The maximum Gasteiger partial charge on any atom is 3.00 e. The van der Waals surface area contributed by atoms with Gasteiger partial charge < -0.3 is 15.0 Å². The van der Waals surface area contributed by atoms with Gasteiger partial charge in [-0.15, -0.1) is 107 Å². The van der Waals surface area contributed by atoms with Crippen molar-refractivity contribution in [2.24, 2.45) is 0 Å². The van der Waals surface area contributed by atoms with Gasteiger partial charge in [0.1, 0.15) is 12.7 Å². The summed E-state index contributed by atoms with van der Waals surface area (Å²) in [7, 11) is 0. The molecule has 0 N–H and O–H groups in total. The van der Waals surface area contributed by atoms with E-state index >= 15 is 0 Å².